The van der Waals surface area contributed by atoms with Gasteiger partial charge in [-0.3, -0.25) is 0 Å². The summed E-state index contributed by atoms with van der Waals surface area (Å²) in [6, 6.07) is 0.599. The third-order valence-electron chi connectivity index (χ3n) is 5.12. The second-order valence-electron chi connectivity index (χ2n) is 7.36. The molecule has 0 aromatic heterocycles. The number of carbonyl (C=O) groups excluding carboxylic acids is 2. The Balaban J connectivity index is 4.64. The van der Waals surface area contributed by atoms with Crippen LogP contribution in [0.5, 0.6) is 0 Å². The molecule has 0 aromatic carbocycles. The van der Waals surface area contributed by atoms with E-state index in [0.29, 0.717) is 6.54 Å². The summed E-state index contributed by atoms with van der Waals surface area (Å²) >= 11 is 1.74. The summed E-state index contributed by atoms with van der Waals surface area (Å²) in [6.07, 6.45) is 3.79. The van der Waals surface area contributed by atoms with Crippen molar-refractivity contribution >= 4 is 23.8 Å². The monoisotopic (exact) mass is 388 g/mol. The van der Waals surface area contributed by atoms with Gasteiger partial charge in [0.05, 0.1) is 0 Å². The molecule has 0 aliphatic heterocycles. The lowest BCUT2D eigenvalue weighted by Gasteiger charge is -2.35. The van der Waals surface area contributed by atoms with E-state index in [4.69, 9.17) is 0 Å². The van der Waals surface area contributed by atoms with Crippen LogP contribution >= 0.6 is 11.8 Å². The van der Waals surface area contributed by atoms with Gasteiger partial charge >= 0.3 is 12.1 Å². The number of thioether (sulfide) groups is 1. The molecule has 6 nitrogen and oxygen atoms in total. The van der Waals surface area contributed by atoms with Gasteiger partial charge in [-0.2, -0.15) is 11.8 Å². The number of hydrogen-bond acceptors (Lipinski definition) is 3. The van der Waals surface area contributed by atoms with E-state index in [0.717, 1.165) is 25.1 Å². The van der Waals surface area contributed by atoms with E-state index in [9.17, 15) is 9.59 Å². The van der Waals surface area contributed by atoms with Crippen LogP contribution in [0.25, 0.3) is 0 Å². The molecule has 0 fully saturated rings. The third-order valence-corrected chi connectivity index (χ3v) is 5.71. The van der Waals surface area contributed by atoms with Gasteiger partial charge < -0.3 is 19.6 Å². The molecule has 2 unspecified atom stereocenters. The highest BCUT2D eigenvalue weighted by Gasteiger charge is 2.25. The molecular weight excluding hydrogens is 348 g/mol. The lowest BCUT2D eigenvalue weighted by Crippen LogP contribution is -2.48. The van der Waals surface area contributed by atoms with E-state index < -0.39 is 0 Å². The number of carbonyl (C=O) groups is 2. The Kier molecular flexibility index (Phi) is 11.8. The molecule has 0 N–H and O–H groups in total. The van der Waals surface area contributed by atoms with Crippen molar-refractivity contribution in [1.29, 1.82) is 0 Å². The zero-order chi connectivity index (χ0) is 20.4. The standard InChI is InChI=1S/C19H40N4O2S/c1-10-23(19(25)21(7)15(2)3)17(5)12-11-16(4)22(8)18(24)20(6)13-14-26-9/h15-17H,10-14H2,1-9H3. The van der Waals surface area contributed by atoms with E-state index in [1.165, 1.54) is 0 Å². The van der Waals surface area contributed by atoms with Gasteiger partial charge in [0.1, 0.15) is 0 Å². The van der Waals surface area contributed by atoms with Crippen LogP contribution in [0.1, 0.15) is 47.5 Å². The van der Waals surface area contributed by atoms with Gasteiger partial charge in [0.15, 0.2) is 0 Å². The SMILES string of the molecule is CCN(C(=O)N(C)C(C)C)C(C)CCC(C)N(C)C(=O)N(C)CCSC. The fourth-order valence-corrected chi connectivity index (χ4v) is 3.13. The van der Waals surface area contributed by atoms with E-state index in [-0.39, 0.29) is 30.2 Å². The van der Waals surface area contributed by atoms with Crippen molar-refractivity contribution in [2.24, 2.45) is 0 Å². The van der Waals surface area contributed by atoms with E-state index in [1.54, 1.807) is 21.6 Å². The average molecular weight is 389 g/mol. The molecule has 0 aliphatic carbocycles. The molecule has 0 radical (unpaired) electrons. The average Bonchev–Trinajstić information content (AvgIpc) is 2.62. The van der Waals surface area contributed by atoms with E-state index in [1.807, 2.05) is 58.0 Å². The Morgan fingerprint density at radius 3 is 1.88 bits per heavy atom. The van der Waals surface area contributed by atoms with Crippen LogP contribution in [-0.2, 0) is 0 Å². The zero-order valence-electron chi connectivity index (χ0n) is 18.3. The smallest absolute Gasteiger partial charge is 0.320 e. The van der Waals surface area contributed by atoms with Crippen molar-refractivity contribution in [3.63, 3.8) is 0 Å². The molecule has 0 saturated heterocycles. The first-order valence-electron chi connectivity index (χ1n) is 9.58. The molecule has 4 amide bonds. The molecule has 0 spiro atoms. The van der Waals surface area contributed by atoms with E-state index >= 15 is 0 Å². The highest BCUT2D eigenvalue weighted by Crippen LogP contribution is 2.15. The Hall–Kier alpha value is -1.11. The summed E-state index contributed by atoms with van der Waals surface area (Å²) in [4.78, 5) is 32.4. The summed E-state index contributed by atoms with van der Waals surface area (Å²) in [5.41, 5.74) is 0. The summed E-state index contributed by atoms with van der Waals surface area (Å²) in [5.74, 6) is 0.943. The lowest BCUT2D eigenvalue weighted by atomic mass is 10.1. The van der Waals surface area contributed by atoms with Gasteiger partial charge in [-0.15, -0.1) is 0 Å². The minimum atomic E-state index is 0.0576. The van der Waals surface area contributed by atoms with Gasteiger partial charge in [0.25, 0.3) is 0 Å². The van der Waals surface area contributed by atoms with Gasteiger partial charge in [-0.05, 0) is 53.7 Å². The first-order valence-corrected chi connectivity index (χ1v) is 11.0. The largest absolute Gasteiger partial charge is 0.327 e. The lowest BCUT2D eigenvalue weighted by molar-refractivity contribution is 0.130. The summed E-state index contributed by atoms with van der Waals surface area (Å²) in [7, 11) is 5.56. The topological polar surface area (TPSA) is 47.1 Å². The summed E-state index contributed by atoms with van der Waals surface area (Å²) in [6.45, 7) is 11.7. The molecule has 0 bridgehead atoms. The van der Waals surface area contributed by atoms with Crippen LogP contribution in [0.4, 0.5) is 9.59 Å². The van der Waals surface area contributed by atoms with Crippen molar-refractivity contribution in [2.75, 3.05) is 46.2 Å². The second kappa shape index (κ2) is 12.3. The first kappa shape index (κ1) is 24.9. The van der Waals surface area contributed by atoms with Crippen molar-refractivity contribution in [2.45, 2.75) is 65.6 Å². The van der Waals surface area contributed by atoms with Crippen LogP contribution in [0, 0.1) is 0 Å². The minimum Gasteiger partial charge on any atom is -0.327 e. The first-order chi connectivity index (χ1) is 12.1. The zero-order valence-corrected chi connectivity index (χ0v) is 19.1. The predicted molar refractivity (Wildman–Crippen MR) is 113 cm³/mol. The molecular formula is C19H40N4O2S. The van der Waals surface area contributed by atoms with Crippen LogP contribution < -0.4 is 0 Å². The fourth-order valence-electron chi connectivity index (χ4n) is 2.67. The van der Waals surface area contributed by atoms with Crippen LogP contribution in [0.15, 0.2) is 0 Å². The van der Waals surface area contributed by atoms with Crippen LogP contribution in [0.3, 0.4) is 0 Å². The van der Waals surface area contributed by atoms with Crippen molar-refractivity contribution in [1.82, 2.24) is 19.6 Å². The van der Waals surface area contributed by atoms with E-state index in [2.05, 4.69) is 13.8 Å². The molecule has 0 saturated carbocycles. The highest BCUT2D eigenvalue weighted by molar-refractivity contribution is 7.98. The van der Waals surface area contributed by atoms with Crippen molar-refractivity contribution in [3.8, 4) is 0 Å². The molecule has 2 atom stereocenters. The Bertz CT molecular complexity index is 434. The molecule has 7 heteroatoms. The number of rotatable bonds is 10. The number of hydrogen-bond donors (Lipinski definition) is 0. The number of amides is 4. The Morgan fingerprint density at radius 1 is 0.885 bits per heavy atom. The predicted octanol–water partition coefficient (Wildman–Crippen LogP) is 3.67. The fraction of sp³-hybridized carbons (Fsp3) is 0.895. The normalized spacial score (nSPS) is 13.3. The van der Waals surface area contributed by atoms with Gasteiger partial charge in [0, 0.05) is 58.1 Å². The number of nitrogens with zero attached hydrogens (tertiary/aromatic N) is 4. The molecule has 0 aromatic rings. The third kappa shape index (κ3) is 7.64. The molecule has 0 rings (SSSR count). The Labute approximate surface area is 165 Å². The summed E-state index contributed by atoms with van der Waals surface area (Å²) < 4.78 is 0. The maximum absolute atomic E-state index is 12.6. The van der Waals surface area contributed by atoms with Gasteiger partial charge in [-0.1, -0.05) is 0 Å². The maximum atomic E-state index is 12.6. The van der Waals surface area contributed by atoms with Crippen LogP contribution in [-0.4, -0.2) is 96.0 Å². The second-order valence-corrected chi connectivity index (χ2v) is 8.34. The molecule has 0 heterocycles. The van der Waals surface area contributed by atoms with Crippen LogP contribution in [0.2, 0.25) is 0 Å². The molecule has 26 heavy (non-hydrogen) atoms. The van der Waals surface area contributed by atoms with Crippen molar-refractivity contribution in [3.05, 3.63) is 0 Å². The minimum absolute atomic E-state index is 0.0576. The van der Waals surface area contributed by atoms with Gasteiger partial charge in [0.2, 0.25) is 0 Å². The molecule has 0 aliphatic rings. The van der Waals surface area contributed by atoms with Gasteiger partial charge in [-0.25, -0.2) is 9.59 Å². The van der Waals surface area contributed by atoms with Crippen molar-refractivity contribution < 1.29 is 9.59 Å². The Morgan fingerprint density at radius 2 is 1.42 bits per heavy atom. The molecule has 154 valence electrons. The quantitative estimate of drug-likeness (QED) is 0.574. The summed E-state index contributed by atoms with van der Waals surface area (Å²) in [5, 5.41) is 0. The maximum Gasteiger partial charge on any atom is 0.320 e. The highest BCUT2D eigenvalue weighted by atomic mass is 32.2. The number of urea groups is 2.